The van der Waals surface area contributed by atoms with Crippen molar-refractivity contribution >= 4 is 0 Å². The second-order valence-electron chi connectivity index (χ2n) is 4.87. The van der Waals surface area contributed by atoms with Gasteiger partial charge in [-0.2, -0.15) is 0 Å². The molecule has 1 aliphatic heterocycles. The Morgan fingerprint density at radius 2 is 2.27 bits per heavy atom. The van der Waals surface area contributed by atoms with E-state index in [1.54, 1.807) is 0 Å². The predicted molar refractivity (Wildman–Crippen MR) is 62.7 cm³/mol. The molecule has 1 heterocycles. The number of likely N-dealkylation sites (N-methyl/N-ethyl adjacent to an activating group) is 1. The van der Waals surface area contributed by atoms with Gasteiger partial charge < -0.3 is 15.4 Å². The van der Waals surface area contributed by atoms with E-state index in [2.05, 4.69) is 30.7 Å². The second kappa shape index (κ2) is 6.43. The van der Waals surface area contributed by atoms with Crippen LogP contribution in [0.25, 0.3) is 0 Å². The van der Waals surface area contributed by atoms with Crippen LogP contribution in [0.3, 0.4) is 0 Å². The van der Waals surface area contributed by atoms with Gasteiger partial charge in [-0.3, -0.25) is 4.90 Å². The van der Waals surface area contributed by atoms with Crippen molar-refractivity contribution in [2.45, 2.75) is 20.0 Å². The van der Waals surface area contributed by atoms with Crippen LogP contribution in [0.1, 0.15) is 13.8 Å². The van der Waals surface area contributed by atoms with Crippen molar-refractivity contribution in [3.63, 3.8) is 0 Å². The number of nitrogens with two attached hydrogens (primary N) is 1. The molecule has 0 aromatic carbocycles. The van der Waals surface area contributed by atoms with Gasteiger partial charge in [-0.25, -0.2) is 0 Å². The fourth-order valence-electron chi connectivity index (χ4n) is 2.10. The summed E-state index contributed by atoms with van der Waals surface area (Å²) in [6.45, 7) is 10.0. The Hall–Kier alpha value is -0.160. The van der Waals surface area contributed by atoms with Crippen LogP contribution in [0.4, 0.5) is 0 Å². The molecular formula is C11H25N3O. The lowest BCUT2D eigenvalue weighted by Crippen LogP contribution is -2.48. The standard InChI is InChI=1S/C11H25N3O/c1-10(2)6-13(3)7-11-8-14(9-12)4-5-15-11/h10-11H,4-9,12H2,1-3H3. The molecule has 1 rings (SSSR count). The lowest BCUT2D eigenvalue weighted by molar-refractivity contribution is -0.0406. The first-order valence-electron chi connectivity index (χ1n) is 5.84. The van der Waals surface area contributed by atoms with Crippen molar-refractivity contribution < 1.29 is 4.74 Å². The Bertz CT molecular complexity index is 175. The van der Waals surface area contributed by atoms with Crippen molar-refractivity contribution in [2.75, 3.05) is 46.5 Å². The maximum absolute atomic E-state index is 5.72. The van der Waals surface area contributed by atoms with E-state index < -0.39 is 0 Å². The molecule has 1 saturated heterocycles. The number of rotatable bonds is 5. The summed E-state index contributed by atoms with van der Waals surface area (Å²) in [5.41, 5.74) is 5.63. The summed E-state index contributed by atoms with van der Waals surface area (Å²) < 4.78 is 5.72. The van der Waals surface area contributed by atoms with Crippen molar-refractivity contribution in [3.8, 4) is 0 Å². The van der Waals surface area contributed by atoms with E-state index in [0.717, 1.165) is 32.8 Å². The van der Waals surface area contributed by atoms with E-state index in [1.807, 2.05) is 0 Å². The fraction of sp³-hybridized carbons (Fsp3) is 1.00. The molecule has 0 aliphatic carbocycles. The molecule has 4 nitrogen and oxygen atoms in total. The number of nitrogens with zero attached hydrogens (tertiary/aromatic N) is 2. The Morgan fingerprint density at radius 1 is 1.53 bits per heavy atom. The highest BCUT2D eigenvalue weighted by atomic mass is 16.5. The molecule has 1 unspecified atom stereocenters. The third kappa shape index (κ3) is 4.93. The quantitative estimate of drug-likeness (QED) is 0.711. The first kappa shape index (κ1) is 12.9. The summed E-state index contributed by atoms with van der Waals surface area (Å²) in [7, 11) is 2.16. The molecule has 1 aliphatic rings. The van der Waals surface area contributed by atoms with Gasteiger partial charge in [0.2, 0.25) is 0 Å². The zero-order valence-corrected chi connectivity index (χ0v) is 10.3. The summed E-state index contributed by atoms with van der Waals surface area (Å²) in [6, 6.07) is 0. The van der Waals surface area contributed by atoms with E-state index in [4.69, 9.17) is 10.5 Å². The van der Waals surface area contributed by atoms with E-state index in [-0.39, 0.29) is 0 Å². The zero-order chi connectivity index (χ0) is 11.3. The number of ether oxygens (including phenoxy) is 1. The van der Waals surface area contributed by atoms with Gasteiger partial charge in [0.25, 0.3) is 0 Å². The molecule has 2 N–H and O–H groups in total. The lowest BCUT2D eigenvalue weighted by Gasteiger charge is -2.34. The smallest absolute Gasteiger partial charge is 0.0829 e. The van der Waals surface area contributed by atoms with Crippen molar-refractivity contribution in [2.24, 2.45) is 11.7 Å². The van der Waals surface area contributed by atoms with E-state index in [0.29, 0.717) is 18.7 Å². The predicted octanol–water partition coefficient (Wildman–Crippen LogP) is 0.191. The highest BCUT2D eigenvalue weighted by Gasteiger charge is 2.20. The summed E-state index contributed by atoms with van der Waals surface area (Å²) in [5, 5.41) is 0. The van der Waals surface area contributed by atoms with Gasteiger partial charge in [0.1, 0.15) is 0 Å². The maximum atomic E-state index is 5.72. The van der Waals surface area contributed by atoms with Gasteiger partial charge in [-0.1, -0.05) is 13.8 Å². The largest absolute Gasteiger partial charge is 0.374 e. The van der Waals surface area contributed by atoms with Gasteiger partial charge in [0.15, 0.2) is 0 Å². The molecular weight excluding hydrogens is 190 g/mol. The van der Waals surface area contributed by atoms with Crippen LogP contribution in [0.2, 0.25) is 0 Å². The maximum Gasteiger partial charge on any atom is 0.0829 e. The van der Waals surface area contributed by atoms with Crippen molar-refractivity contribution in [3.05, 3.63) is 0 Å². The van der Waals surface area contributed by atoms with Crippen LogP contribution in [0, 0.1) is 5.92 Å². The zero-order valence-electron chi connectivity index (χ0n) is 10.3. The van der Waals surface area contributed by atoms with Crippen molar-refractivity contribution in [1.82, 2.24) is 9.80 Å². The summed E-state index contributed by atoms with van der Waals surface area (Å²) in [5.74, 6) is 0.712. The first-order valence-corrected chi connectivity index (χ1v) is 5.84. The highest BCUT2D eigenvalue weighted by Crippen LogP contribution is 2.06. The Kier molecular flexibility index (Phi) is 5.53. The van der Waals surface area contributed by atoms with E-state index >= 15 is 0 Å². The van der Waals surface area contributed by atoms with Gasteiger partial charge in [-0.05, 0) is 13.0 Å². The lowest BCUT2D eigenvalue weighted by atomic mass is 10.2. The summed E-state index contributed by atoms with van der Waals surface area (Å²) in [6.07, 6.45) is 0.325. The van der Waals surface area contributed by atoms with Gasteiger partial charge in [-0.15, -0.1) is 0 Å². The SMILES string of the molecule is CC(C)CN(C)CC1CN(CN)CCO1. The molecule has 1 fully saturated rings. The average Bonchev–Trinajstić information content (AvgIpc) is 2.16. The molecule has 15 heavy (non-hydrogen) atoms. The van der Waals surface area contributed by atoms with Gasteiger partial charge in [0.05, 0.1) is 12.7 Å². The minimum absolute atomic E-state index is 0.325. The summed E-state index contributed by atoms with van der Waals surface area (Å²) >= 11 is 0. The third-order valence-electron chi connectivity index (χ3n) is 2.67. The van der Waals surface area contributed by atoms with Gasteiger partial charge >= 0.3 is 0 Å². The molecule has 4 heteroatoms. The number of hydrogen-bond acceptors (Lipinski definition) is 4. The average molecular weight is 215 g/mol. The molecule has 1 atom stereocenters. The highest BCUT2D eigenvalue weighted by molar-refractivity contribution is 4.73. The molecule has 0 bridgehead atoms. The molecule has 0 aromatic rings. The van der Waals surface area contributed by atoms with Gasteiger partial charge in [0, 0.05) is 32.8 Å². The van der Waals surface area contributed by atoms with Crippen LogP contribution in [-0.2, 0) is 4.74 Å². The molecule has 90 valence electrons. The Morgan fingerprint density at radius 3 is 2.87 bits per heavy atom. The summed E-state index contributed by atoms with van der Waals surface area (Å²) in [4.78, 5) is 4.59. The number of hydrogen-bond donors (Lipinski definition) is 1. The normalized spacial score (nSPS) is 24.0. The van der Waals surface area contributed by atoms with Crippen molar-refractivity contribution in [1.29, 1.82) is 0 Å². The van der Waals surface area contributed by atoms with Crippen LogP contribution in [0.5, 0.6) is 0 Å². The minimum Gasteiger partial charge on any atom is -0.374 e. The van der Waals surface area contributed by atoms with Crippen LogP contribution in [0.15, 0.2) is 0 Å². The topological polar surface area (TPSA) is 41.7 Å². The van der Waals surface area contributed by atoms with Crippen LogP contribution >= 0.6 is 0 Å². The first-order chi connectivity index (χ1) is 7.11. The molecule has 0 aromatic heterocycles. The third-order valence-corrected chi connectivity index (χ3v) is 2.67. The van der Waals surface area contributed by atoms with Crippen LogP contribution in [-0.4, -0.2) is 62.4 Å². The second-order valence-corrected chi connectivity index (χ2v) is 4.87. The molecule has 0 spiro atoms. The van der Waals surface area contributed by atoms with E-state index in [1.165, 1.54) is 0 Å². The Labute approximate surface area is 93.4 Å². The minimum atomic E-state index is 0.325. The van der Waals surface area contributed by atoms with Crippen LogP contribution < -0.4 is 5.73 Å². The molecule has 0 saturated carbocycles. The monoisotopic (exact) mass is 215 g/mol. The fourth-order valence-corrected chi connectivity index (χ4v) is 2.10. The molecule has 0 amide bonds. The molecule has 0 radical (unpaired) electrons. The van der Waals surface area contributed by atoms with E-state index in [9.17, 15) is 0 Å². The Balaban J connectivity index is 2.25. The number of morpholine rings is 1.